The van der Waals surface area contributed by atoms with Crippen molar-refractivity contribution in [3.63, 3.8) is 0 Å². The van der Waals surface area contributed by atoms with Gasteiger partial charge >= 0.3 is 0 Å². The summed E-state index contributed by atoms with van der Waals surface area (Å²) in [7, 11) is 8.60. The third-order valence-corrected chi connectivity index (χ3v) is 4.04. The summed E-state index contributed by atoms with van der Waals surface area (Å²) in [5.41, 5.74) is 0. The van der Waals surface area contributed by atoms with Crippen molar-refractivity contribution in [2.45, 2.75) is 13.3 Å². The van der Waals surface area contributed by atoms with E-state index in [0.717, 1.165) is 0 Å². The van der Waals surface area contributed by atoms with Gasteiger partial charge in [0.15, 0.2) is 0 Å². The SMILES string of the molecule is CCCP(N(C)C)N(C)C. The Hall–Kier alpha value is 0.350. The molecule has 0 amide bonds. The highest BCUT2D eigenvalue weighted by molar-refractivity contribution is 7.52. The third-order valence-electron chi connectivity index (χ3n) is 1.35. The van der Waals surface area contributed by atoms with Crippen molar-refractivity contribution in [1.29, 1.82) is 0 Å². The molecule has 2 nitrogen and oxygen atoms in total. The maximum Gasteiger partial charge on any atom is 0.0383 e. The summed E-state index contributed by atoms with van der Waals surface area (Å²) < 4.78 is 4.64. The van der Waals surface area contributed by atoms with Crippen LogP contribution in [0.3, 0.4) is 0 Å². The van der Waals surface area contributed by atoms with Crippen molar-refractivity contribution in [3.05, 3.63) is 0 Å². The van der Waals surface area contributed by atoms with Crippen LogP contribution in [0.4, 0.5) is 0 Å². The van der Waals surface area contributed by atoms with Gasteiger partial charge in [-0.2, -0.15) is 0 Å². The van der Waals surface area contributed by atoms with Crippen molar-refractivity contribution in [3.8, 4) is 0 Å². The molecule has 0 bridgehead atoms. The summed E-state index contributed by atoms with van der Waals surface area (Å²) in [4.78, 5) is 0. The normalized spacial score (nSPS) is 12.0. The van der Waals surface area contributed by atoms with Crippen LogP contribution in [0.15, 0.2) is 0 Å². The molecule has 0 aromatic heterocycles. The molecule has 0 aromatic rings. The smallest absolute Gasteiger partial charge is 0.0383 e. The second kappa shape index (κ2) is 5.06. The zero-order chi connectivity index (χ0) is 8.15. The lowest BCUT2D eigenvalue weighted by Gasteiger charge is -2.29. The maximum absolute atomic E-state index is 2.32. The molecule has 0 aromatic carbocycles. The molecular weight excluding hydrogens is 143 g/mol. The lowest BCUT2D eigenvalue weighted by Crippen LogP contribution is -2.18. The maximum atomic E-state index is 2.32. The number of nitrogens with zero attached hydrogens (tertiary/aromatic N) is 2. The lowest BCUT2D eigenvalue weighted by molar-refractivity contribution is 0.571. The Balaban J connectivity index is 3.73. The number of rotatable bonds is 4. The average Bonchev–Trinajstić information content (AvgIpc) is 1.81. The van der Waals surface area contributed by atoms with Crippen LogP contribution >= 0.6 is 8.22 Å². The predicted octanol–water partition coefficient (Wildman–Crippen LogP) is 1.83. The van der Waals surface area contributed by atoms with Crippen LogP contribution in [0.1, 0.15) is 13.3 Å². The molecule has 0 unspecified atom stereocenters. The van der Waals surface area contributed by atoms with Gasteiger partial charge in [0, 0.05) is 8.22 Å². The molecule has 0 N–H and O–H groups in total. The molecule has 0 aliphatic carbocycles. The van der Waals surface area contributed by atoms with Gasteiger partial charge in [0.05, 0.1) is 0 Å². The van der Waals surface area contributed by atoms with E-state index in [1.165, 1.54) is 12.6 Å². The Morgan fingerprint density at radius 3 is 1.50 bits per heavy atom. The fourth-order valence-corrected chi connectivity index (χ4v) is 2.87. The van der Waals surface area contributed by atoms with Gasteiger partial charge in [0.2, 0.25) is 0 Å². The van der Waals surface area contributed by atoms with E-state index in [4.69, 9.17) is 0 Å². The topological polar surface area (TPSA) is 6.48 Å². The molecule has 0 atom stereocenters. The minimum absolute atomic E-state index is 0.0121. The first-order valence-electron chi connectivity index (χ1n) is 3.71. The second-order valence-electron chi connectivity index (χ2n) is 2.79. The van der Waals surface area contributed by atoms with Gasteiger partial charge in [-0.05, 0) is 40.8 Å². The van der Waals surface area contributed by atoms with Crippen molar-refractivity contribution >= 4 is 8.22 Å². The van der Waals surface area contributed by atoms with Gasteiger partial charge in [0.1, 0.15) is 0 Å². The summed E-state index contributed by atoms with van der Waals surface area (Å²) >= 11 is 0. The van der Waals surface area contributed by atoms with E-state index in [1.54, 1.807) is 0 Å². The van der Waals surface area contributed by atoms with Crippen molar-refractivity contribution in [1.82, 2.24) is 9.34 Å². The van der Waals surface area contributed by atoms with Gasteiger partial charge < -0.3 is 0 Å². The number of hydrogen-bond acceptors (Lipinski definition) is 2. The molecule has 0 saturated heterocycles. The Bertz CT molecular complexity index is 75.7. The number of hydrogen-bond donors (Lipinski definition) is 0. The van der Waals surface area contributed by atoms with E-state index < -0.39 is 0 Å². The summed E-state index contributed by atoms with van der Waals surface area (Å²) in [6.07, 6.45) is 2.59. The molecule has 10 heavy (non-hydrogen) atoms. The van der Waals surface area contributed by atoms with Crippen LogP contribution in [0.5, 0.6) is 0 Å². The molecule has 3 heteroatoms. The van der Waals surface area contributed by atoms with E-state index in [1.807, 2.05) is 0 Å². The highest BCUT2D eigenvalue weighted by atomic mass is 31.1. The largest absolute Gasteiger partial charge is 0.276 e. The summed E-state index contributed by atoms with van der Waals surface area (Å²) in [5.74, 6) is 0. The molecule has 0 aliphatic rings. The Morgan fingerprint density at radius 1 is 1.00 bits per heavy atom. The van der Waals surface area contributed by atoms with Crippen LogP contribution in [0, 0.1) is 0 Å². The molecule has 0 aliphatic heterocycles. The second-order valence-corrected chi connectivity index (χ2v) is 5.58. The van der Waals surface area contributed by atoms with Crippen LogP contribution in [0.25, 0.3) is 0 Å². The zero-order valence-corrected chi connectivity index (χ0v) is 8.65. The molecule has 62 valence electrons. The summed E-state index contributed by atoms with van der Waals surface area (Å²) in [5, 5.41) is 0. The minimum atomic E-state index is -0.0121. The van der Waals surface area contributed by atoms with Gasteiger partial charge in [-0.15, -0.1) is 0 Å². The minimum Gasteiger partial charge on any atom is -0.276 e. The van der Waals surface area contributed by atoms with Gasteiger partial charge in [-0.25, -0.2) is 0 Å². The monoisotopic (exact) mass is 162 g/mol. The van der Waals surface area contributed by atoms with Gasteiger partial charge in [0.25, 0.3) is 0 Å². The Morgan fingerprint density at radius 2 is 1.40 bits per heavy atom. The van der Waals surface area contributed by atoms with E-state index >= 15 is 0 Å². The molecule has 0 radical (unpaired) electrons. The van der Waals surface area contributed by atoms with Gasteiger partial charge in [-0.3, -0.25) is 9.34 Å². The average molecular weight is 162 g/mol. The zero-order valence-electron chi connectivity index (χ0n) is 7.76. The van der Waals surface area contributed by atoms with Crippen molar-refractivity contribution in [2.24, 2.45) is 0 Å². The van der Waals surface area contributed by atoms with E-state index in [0.29, 0.717) is 0 Å². The molecular formula is C7H19N2P. The molecule has 0 saturated carbocycles. The first-order valence-corrected chi connectivity index (χ1v) is 5.14. The molecule has 0 spiro atoms. The van der Waals surface area contributed by atoms with Crippen LogP contribution in [-0.4, -0.2) is 43.7 Å². The van der Waals surface area contributed by atoms with Crippen LogP contribution < -0.4 is 0 Å². The summed E-state index contributed by atoms with van der Waals surface area (Å²) in [6.45, 7) is 2.24. The molecule has 0 rings (SSSR count). The summed E-state index contributed by atoms with van der Waals surface area (Å²) in [6, 6.07) is 0. The Labute approximate surface area is 66.1 Å². The first-order chi connectivity index (χ1) is 4.59. The highest BCUT2D eigenvalue weighted by Crippen LogP contribution is 2.39. The van der Waals surface area contributed by atoms with Crippen molar-refractivity contribution in [2.75, 3.05) is 34.4 Å². The van der Waals surface area contributed by atoms with E-state index in [-0.39, 0.29) is 8.22 Å². The molecule has 0 heterocycles. The Kier molecular flexibility index (Phi) is 5.24. The lowest BCUT2D eigenvalue weighted by atomic mass is 10.6. The van der Waals surface area contributed by atoms with Crippen LogP contribution in [-0.2, 0) is 0 Å². The van der Waals surface area contributed by atoms with Crippen molar-refractivity contribution < 1.29 is 0 Å². The standard InChI is InChI=1S/C7H19N2P/c1-6-7-10(8(2)3)9(4)5/h6-7H2,1-5H3. The first kappa shape index (κ1) is 10.3. The fourth-order valence-electron chi connectivity index (χ4n) is 0.958. The van der Waals surface area contributed by atoms with Gasteiger partial charge in [-0.1, -0.05) is 6.92 Å². The van der Waals surface area contributed by atoms with Crippen LogP contribution in [0.2, 0.25) is 0 Å². The fraction of sp³-hybridized carbons (Fsp3) is 1.00. The van der Waals surface area contributed by atoms with E-state index in [9.17, 15) is 0 Å². The molecule has 0 fully saturated rings. The van der Waals surface area contributed by atoms with E-state index in [2.05, 4.69) is 44.5 Å². The quantitative estimate of drug-likeness (QED) is 0.582. The highest BCUT2D eigenvalue weighted by Gasteiger charge is 2.10. The predicted molar refractivity (Wildman–Crippen MR) is 49.5 cm³/mol. The third kappa shape index (κ3) is 3.50.